The molecule has 0 saturated heterocycles. The predicted octanol–water partition coefficient (Wildman–Crippen LogP) is 1.47. The Balaban J connectivity index is 2.16. The van der Waals surface area contributed by atoms with Crippen molar-refractivity contribution >= 4 is 17.2 Å². The summed E-state index contributed by atoms with van der Waals surface area (Å²) in [6.07, 6.45) is 2.28. The Labute approximate surface area is 98.9 Å². The zero-order valence-electron chi connectivity index (χ0n) is 9.51. The van der Waals surface area contributed by atoms with Crippen molar-refractivity contribution in [2.24, 2.45) is 0 Å². The number of hydrogen-bond acceptors (Lipinski definition) is 4. The normalized spacial score (nSPS) is 17.2. The molecule has 5 heteroatoms. The lowest BCUT2D eigenvalue weighted by Gasteiger charge is -2.22. The Kier molecular flexibility index (Phi) is 3.25. The summed E-state index contributed by atoms with van der Waals surface area (Å²) in [7, 11) is 1.72. The topological polar surface area (TPSA) is 53.4 Å². The first kappa shape index (κ1) is 11.5. The van der Waals surface area contributed by atoms with E-state index in [1.807, 2.05) is 6.92 Å². The first-order valence-electron chi connectivity index (χ1n) is 5.46. The zero-order valence-corrected chi connectivity index (χ0v) is 10.3. The third-order valence-electron chi connectivity index (χ3n) is 3.00. The number of nitrogens with zero attached hydrogens (tertiary/aromatic N) is 2. The number of amides is 1. The second-order valence-electron chi connectivity index (χ2n) is 4.29. The fourth-order valence-corrected chi connectivity index (χ4v) is 2.40. The summed E-state index contributed by atoms with van der Waals surface area (Å²) in [5, 5.41) is 9.04. The van der Waals surface area contributed by atoms with Crippen molar-refractivity contribution in [1.82, 2.24) is 9.88 Å². The van der Waals surface area contributed by atoms with Gasteiger partial charge in [0.15, 0.2) is 0 Å². The molecule has 1 saturated carbocycles. The van der Waals surface area contributed by atoms with Crippen LogP contribution < -0.4 is 0 Å². The van der Waals surface area contributed by atoms with Crippen molar-refractivity contribution < 1.29 is 9.90 Å². The number of thiazole rings is 1. The molecule has 1 N–H and O–H groups in total. The van der Waals surface area contributed by atoms with Crippen LogP contribution in [0.2, 0.25) is 0 Å². The average Bonchev–Trinajstić information content (AvgIpc) is 3.04. The van der Waals surface area contributed by atoms with Gasteiger partial charge in [0.05, 0.1) is 23.9 Å². The summed E-state index contributed by atoms with van der Waals surface area (Å²) < 4.78 is 0. The largest absolute Gasteiger partial charge is 0.394 e. The molecule has 1 amide bonds. The summed E-state index contributed by atoms with van der Waals surface area (Å²) in [6, 6.07) is -0.151. The van der Waals surface area contributed by atoms with E-state index in [-0.39, 0.29) is 18.6 Å². The molecule has 1 atom stereocenters. The molecule has 1 aliphatic rings. The van der Waals surface area contributed by atoms with Gasteiger partial charge in [0.2, 0.25) is 0 Å². The Morgan fingerprint density at radius 2 is 2.44 bits per heavy atom. The van der Waals surface area contributed by atoms with Crippen LogP contribution in [0.3, 0.4) is 0 Å². The first-order chi connectivity index (χ1) is 7.65. The molecule has 0 radical (unpaired) electrons. The Morgan fingerprint density at radius 3 is 3.00 bits per heavy atom. The first-order valence-corrected chi connectivity index (χ1v) is 6.34. The van der Waals surface area contributed by atoms with E-state index in [2.05, 4.69) is 4.98 Å². The second-order valence-corrected chi connectivity index (χ2v) is 5.14. The highest BCUT2D eigenvalue weighted by atomic mass is 32.1. The van der Waals surface area contributed by atoms with E-state index in [1.165, 1.54) is 11.3 Å². The molecule has 0 bridgehead atoms. The summed E-state index contributed by atoms with van der Waals surface area (Å²) >= 11 is 1.40. The van der Waals surface area contributed by atoms with E-state index < -0.39 is 0 Å². The lowest BCUT2D eigenvalue weighted by molar-refractivity contribution is 0.0685. The van der Waals surface area contributed by atoms with Crippen molar-refractivity contribution in [3.05, 3.63) is 16.1 Å². The monoisotopic (exact) mass is 240 g/mol. The Morgan fingerprint density at radius 1 is 1.75 bits per heavy atom. The van der Waals surface area contributed by atoms with Crippen LogP contribution in [0.15, 0.2) is 5.51 Å². The molecular formula is C11H16N2O2S. The van der Waals surface area contributed by atoms with Gasteiger partial charge in [-0.3, -0.25) is 4.79 Å². The van der Waals surface area contributed by atoms with Crippen LogP contribution in [-0.2, 0) is 0 Å². The molecule has 1 aromatic heterocycles. The number of carbonyl (C=O) groups is 1. The lowest BCUT2D eigenvalue weighted by Crippen LogP contribution is -2.37. The van der Waals surface area contributed by atoms with Crippen LogP contribution in [0.4, 0.5) is 0 Å². The molecule has 1 aromatic rings. The minimum atomic E-state index is -0.151. The quantitative estimate of drug-likeness (QED) is 0.867. The second kappa shape index (κ2) is 4.51. The van der Waals surface area contributed by atoms with E-state index in [0.29, 0.717) is 5.92 Å². The van der Waals surface area contributed by atoms with Gasteiger partial charge < -0.3 is 10.0 Å². The van der Waals surface area contributed by atoms with Gasteiger partial charge in [-0.2, -0.15) is 0 Å². The van der Waals surface area contributed by atoms with Crippen LogP contribution in [0.25, 0.3) is 0 Å². The number of likely N-dealkylation sites (N-methyl/N-ethyl adjacent to an activating group) is 1. The zero-order chi connectivity index (χ0) is 11.7. The molecule has 4 nitrogen and oxygen atoms in total. The van der Waals surface area contributed by atoms with Gasteiger partial charge in [-0.15, -0.1) is 11.3 Å². The van der Waals surface area contributed by atoms with Gasteiger partial charge in [0.25, 0.3) is 5.91 Å². The number of aliphatic hydroxyl groups excluding tert-OH is 1. The third kappa shape index (κ3) is 2.10. The van der Waals surface area contributed by atoms with E-state index in [9.17, 15) is 4.79 Å². The van der Waals surface area contributed by atoms with Crippen molar-refractivity contribution in [2.75, 3.05) is 13.7 Å². The van der Waals surface area contributed by atoms with Crippen LogP contribution in [0.5, 0.6) is 0 Å². The van der Waals surface area contributed by atoms with Gasteiger partial charge in [0.1, 0.15) is 4.88 Å². The van der Waals surface area contributed by atoms with Crippen LogP contribution in [0, 0.1) is 0 Å². The summed E-state index contributed by atoms with van der Waals surface area (Å²) in [4.78, 5) is 18.7. The molecule has 1 unspecified atom stereocenters. The maximum absolute atomic E-state index is 12.1. The number of hydrogen-bond donors (Lipinski definition) is 1. The highest BCUT2D eigenvalue weighted by Crippen LogP contribution is 2.42. The predicted molar refractivity (Wildman–Crippen MR) is 62.7 cm³/mol. The fraction of sp³-hybridized carbons (Fsp3) is 0.636. The minimum Gasteiger partial charge on any atom is -0.394 e. The molecule has 1 heterocycles. The van der Waals surface area contributed by atoms with Crippen molar-refractivity contribution in [2.45, 2.75) is 31.7 Å². The number of rotatable bonds is 4. The van der Waals surface area contributed by atoms with Crippen LogP contribution in [-0.4, -0.2) is 40.6 Å². The molecule has 1 fully saturated rings. The smallest absolute Gasteiger partial charge is 0.265 e. The van der Waals surface area contributed by atoms with E-state index >= 15 is 0 Å². The lowest BCUT2D eigenvalue weighted by atomic mass is 10.2. The van der Waals surface area contributed by atoms with E-state index in [1.54, 1.807) is 17.5 Å². The maximum Gasteiger partial charge on any atom is 0.265 e. The molecular weight excluding hydrogens is 224 g/mol. The van der Waals surface area contributed by atoms with Gasteiger partial charge in [-0.25, -0.2) is 4.98 Å². The van der Waals surface area contributed by atoms with Gasteiger partial charge in [0, 0.05) is 13.0 Å². The van der Waals surface area contributed by atoms with Gasteiger partial charge >= 0.3 is 0 Å². The Hall–Kier alpha value is -0.940. The van der Waals surface area contributed by atoms with Crippen molar-refractivity contribution in [3.63, 3.8) is 0 Å². The van der Waals surface area contributed by atoms with Gasteiger partial charge in [-0.05, 0) is 19.8 Å². The number of carbonyl (C=O) groups excluding carboxylic acids is 1. The third-order valence-corrected chi connectivity index (χ3v) is 3.83. The number of aromatic nitrogens is 1. The molecule has 88 valence electrons. The minimum absolute atomic E-state index is 0.0141. The highest BCUT2D eigenvalue weighted by Gasteiger charge is 2.32. The molecule has 0 aliphatic heterocycles. The van der Waals surface area contributed by atoms with Crippen molar-refractivity contribution in [3.8, 4) is 0 Å². The summed E-state index contributed by atoms with van der Waals surface area (Å²) in [5.41, 5.74) is 2.69. The standard InChI is InChI=1S/C11H16N2O2S/c1-7(5-14)13(2)11(15)10-9(8-3-4-8)12-6-16-10/h6-8,14H,3-5H2,1-2H3. The van der Waals surface area contributed by atoms with Gasteiger partial charge in [-0.1, -0.05) is 0 Å². The highest BCUT2D eigenvalue weighted by molar-refractivity contribution is 7.11. The average molecular weight is 240 g/mol. The SMILES string of the molecule is CC(CO)N(C)C(=O)c1scnc1C1CC1. The molecule has 0 aromatic carbocycles. The van der Waals surface area contributed by atoms with Crippen LogP contribution in [0.1, 0.15) is 41.0 Å². The molecule has 16 heavy (non-hydrogen) atoms. The van der Waals surface area contributed by atoms with Crippen LogP contribution >= 0.6 is 11.3 Å². The van der Waals surface area contributed by atoms with Crippen molar-refractivity contribution in [1.29, 1.82) is 0 Å². The Bertz CT molecular complexity index is 387. The van der Waals surface area contributed by atoms with E-state index in [4.69, 9.17) is 5.11 Å². The number of aliphatic hydroxyl groups is 1. The summed E-state index contributed by atoms with van der Waals surface area (Å²) in [5.74, 6) is 0.467. The van der Waals surface area contributed by atoms with E-state index in [0.717, 1.165) is 23.4 Å². The summed E-state index contributed by atoms with van der Waals surface area (Å²) in [6.45, 7) is 1.82. The molecule has 0 spiro atoms. The molecule has 2 rings (SSSR count). The fourth-order valence-electron chi connectivity index (χ4n) is 1.55. The maximum atomic E-state index is 12.1. The molecule has 1 aliphatic carbocycles.